The maximum Gasteiger partial charge on any atom is 0.127 e. The van der Waals surface area contributed by atoms with Gasteiger partial charge in [-0.2, -0.15) is 0 Å². The molecule has 2 aromatic heterocycles. The number of aliphatic hydroxyl groups excluding tert-OH is 1. The lowest BCUT2D eigenvalue weighted by atomic mass is 9.96. The summed E-state index contributed by atoms with van der Waals surface area (Å²) in [6.45, 7) is 3.29. The van der Waals surface area contributed by atoms with Crippen molar-refractivity contribution >= 4 is 17.7 Å². The fourth-order valence-corrected chi connectivity index (χ4v) is 4.88. The Hall–Kier alpha value is -2.51. The second-order valence-electron chi connectivity index (χ2n) is 8.15. The molecular formula is C24H26ClN5O. The van der Waals surface area contributed by atoms with E-state index in [0.717, 1.165) is 55.4 Å². The molecule has 1 saturated heterocycles. The number of aromatic nitrogens is 3. The number of fused-ring (bicyclic) bond motifs is 2. The number of imidazole rings is 1. The molecule has 1 aromatic carbocycles. The number of hydrogen-bond acceptors (Lipinski definition) is 5. The number of halogens is 1. The van der Waals surface area contributed by atoms with Crippen LogP contribution >= 0.6 is 11.6 Å². The Kier molecular flexibility index (Phi) is 5.87. The molecule has 3 aromatic rings. The molecule has 5 rings (SSSR count). The minimum Gasteiger partial charge on any atom is -0.375 e. The van der Waals surface area contributed by atoms with Crippen LogP contribution in [-0.2, 0) is 12.8 Å². The molecule has 7 heteroatoms. The van der Waals surface area contributed by atoms with Crippen LogP contribution in [-0.4, -0.2) is 62.3 Å². The van der Waals surface area contributed by atoms with Gasteiger partial charge in [-0.25, -0.2) is 4.98 Å². The van der Waals surface area contributed by atoms with Crippen molar-refractivity contribution in [3.8, 4) is 0 Å². The van der Waals surface area contributed by atoms with E-state index in [-0.39, 0.29) is 6.04 Å². The predicted molar refractivity (Wildman–Crippen MR) is 122 cm³/mol. The van der Waals surface area contributed by atoms with E-state index in [1.807, 2.05) is 30.5 Å². The van der Waals surface area contributed by atoms with Gasteiger partial charge in [0.2, 0.25) is 0 Å². The van der Waals surface area contributed by atoms with Crippen molar-refractivity contribution in [2.45, 2.75) is 25.1 Å². The molecule has 0 bridgehead atoms. The molecule has 0 spiro atoms. The van der Waals surface area contributed by atoms with Crippen molar-refractivity contribution in [3.05, 3.63) is 88.2 Å². The van der Waals surface area contributed by atoms with Crippen LogP contribution in [0.2, 0.25) is 5.02 Å². The molecule has 0 saturated carbocycles. The number of benzene rings is 1. The number of pyridine rings is 1. The smallest absolute Gasteiger partial charge is 0.127 e. The van der Waals surface area contributed by atoms with Crippen LogP contribution in [0.5, 0.6) is 0 Å². The van der Waals surface area contributed by atoms with Gasteiger partial charge in [0.05, 0.1) is 30.0 Å². The van der Waals surface area contributed by atoms with Gasteiger partial charge in [-0.05, 0) is 59.9 Å². The Morgan fingerprint density at radius 1 is 1.13 bits per heavy atom. The average molecular weight is 436 g/mol. The summed E-state index contributed by atoms with van der Waals surface area (Å²) in [5.74, 6) is 0. The summed E-state index contributed by atoms with van der Waals surface area (Å²) < 4.78 is 0. The highest BCUT2D eigenvalue weighted by molar-refractivity contribution is 6.30. The monoisotopic (exact) mass is 435 g/mol. The summed E-state index contributed by atoms with van der Waals surface area (Å²) in [5, 5.41) is 11.4. The SMILES string of the molecule is OC(/C=C/c1cnc[nH]1)N1CCN(C2c3ccc(Cl)cc3CCc3cccnc32)CC1. The van der Waals surface area contributed by atoms with Gasteiger partial charge >= 0.3 is 0 Å². The molecule has 0 amide bonds. The first-order valence-corrected chi connectivity index (χ1v) is 11.1. The fourth-order valence-electron chi connectivity index (χ4n) is 4.68. The first-order valence-electron chi connectivity index (χ1n) is 10.7. The van der Waals surface area contributed by atoms with E-state index in [0.29, 0.717) is 0 Å². The highest BCUT2D eigenvalue weighted by Crippen LogP contribution is 2.37. The lowest BCUT2D eigenvalue weighted by Gasteiger charge is -2.40. The highest BCUT2D eigenvalue weighted by atomic mass is 35.5. The van der Waals surface area contributed by atoms with E-state index in [9.17, 15) is 5.11 Å². The summed E-state index contributed by atoms with van der Waals surface area (Å²) in [6.07, 6.45) is 10.3. The number of rotatable bonds is 4. The average Bonchev–Trinajstić information content (AvgIpc) is 3.26. The number of aromatic amines is 1. The van der Waals surface area contributed by atoms with Crippen molar-refractivity contribution in [2.24, 2.45) is 0 Å². The second kappa shape index (κ2) is 8.93. The third-order valence-corrected chi connectivity index (χ3v) is 6.54. The molecular weight excluding hydrogens is 410 g/mol. The molecule has 2 atom stereocenters. The van der Waals surface area contributed by atoms with E-state index in [2.05, 4.69) is 38.0 Å². The van der Waals surface area contributed by atoms with Crippen molar-refractivity contribution in [1.82, 2.24) is 24.8 Å². The lowest BCUT2D eigenvalue weighted by molar-refractivity contribution is -0.000963. The molecule has 2 unspecified atom stereocenters. The third kappa shape index (κ3) is 4.29. The third-order valence-electron chi connectivity index (χ3n) is 6.30. The molecule has 1 aliphatic heterocycles. The van der Waals surface area contributed by atoms with Gasteiger partial charge < -0.3 is 10.1 Å². The predicted octanol–water partition coefficient (Wildman–Crippen LogP) is 3.30. The zero-order chi connectivity index (χ0) is 21.2. The summed E-state index contributed by atoms with van der Waals surface area (Å²) in [4.78, 5) is 16.4. The molecule has 160 valence electrons. The molecule has 0 radical (unpaired) electrons. The summed E-state index contributed by atoms with van der Waals surface area (Å²) >= 11 is 6.32. The Labute approximate surface area is 187 Å². The highest BCUT2D eigenvalue weighted by Gasteiger charge is 2.32. The van der Waals surface area contributed by atoms with E-state index in [1.54, 1.807) is 12.5 Å². The van der Waals surface area contributed by atoms with Crippen LogP contribution in [0.1, 0.15) is 34.1 Å². The van der Waals surface area contributed by atoms with E-state index in [1.165, 1.54) is 16.7 Å². The zero-order valence-corrected chi connectivity index (χ0v) is 18.0. The minimum atomic E-state index is -0.615. The quantitative estimate of drug-likeness (QED) is 0.658. The standard InChI is InChI=1S/C24H26ClN5O/c25-19-5-7-21-18(14-19)4-3-17-2-1-9-27-23(17)24(21)30-12-10-29(11-13-30)22(31)8-6-20-15-26-16-28-20/h1-2,5-9,14-16,22,24,31H,3-4,10-13H2,(H,26,28)/b8-6+. The number of aliphatic hydroxyl groups is 1. The maximum absolute atomic E-state index is 10.6. The molecule has 31 heavy (non-hydrogen) atoms. The van der Waals surface area contributed by atoms with E-state index < -0.39 is 6.23 Å². The van der Waals surface area contributed by atoms with Gasteiger partial charge in [0.25, 0.3) is 0 Å². The van der Waals surface area contributed by atoms with Gasteiger partial charge in [-0.1, -0.05) is 23.7 Å². The fraction of sp³-hybridized carbons (Fsp3) is 0.333. The number of hydrogen-bond donors (Lipinski definition) is 2. The molecule has 1 aliphatic carbocycles. The topological polar surface area (TPSA) is 68.3 Å². The number of aryl methyl sites for hydroxylation is 2. The van der Waals surface area contributed by atoms with Crippen LogP contribution in [0.4, 0.5) is 0 Å². The van der Waals surface area contributed by atoms with Crippen LogP contribution < -0.4 is 0 Å². The van der Waals surface area contributed by atoms with Crippen molar-refractivity contribution < 1.29 is 5.11 Å². The normalized spacial score (nSPS) is 20.9. The van der Waals surface area contributed by atoms with Gasteiger partial charge in [0.15, 0.2) is 0 Å². The minimum absolute atomic E-state index is 0.116. The largest absolute Gasteiger partial charge is 0.375 e. The molecule has 3 heterocycles. The van der Waals surface area contributed by atoms with Crippen molar-refractivity contribution in [3.63, 3.8) is 0 Å². The number of nitrogens with zero attached hydrogens (tertiary/aromatic N) is 4. The van der Waals surface area contributed by atoms with Crippen LogP contribution in [0.15, 0.2) is 55.1 Å². The summed E-state index contributed by atoms with van der Waals surface area (Å²) in [5.41, 5.74) is 5.95. The Bertz CT molecular complexity index is 1060. The van der Waals surface area contributed by atoms with E-state index >= 15 is 0 Å². The molecule has 1 fully saturated rings. The molecule has 6 nitrogen and oxygen atoms in total. The number of nitrogens with one attached hydrogen (secondary N) is 1. The lowest BCUT2D eigenvalue weighted by Crippen LogP contribution is -2.51. The van der Waals surface area contributed by atoms with Gasteiger partial charge in [-0.15, -0.1) is 0 Å². The van der Waals surface area contributed by atoms with Crippen LogP contribution in [0.3, 0.4) is 0 Å². The molecule has 2 aliphatic rings. The Morgan fingerprint density at radius 3 is 2.77 bits per heavy atom. The van der Waals surface area contributed by atoms with Crippen LogP contribution in [0, 0.1) is 0 Å². The Morgan fingerprint density at radius 2 is 1.97 bits per heavy atom. The first-order chi connectivity index (χ1) is 15.2. The van der Waals surface area contributed by atoms with Crippen molar-refractivity contribution in [1.29, 1.82) is 0 Å². The zero-order valence-electron chi connectivity index (χ0n) is 17.3. The number of piperazine rings is 1. The van der Waals surface area contributed by atoms with Gasteiger partial charge in [0.1, 0.15) is 6.23 Å². The van der Waals surface area contributed by atoms with Gasteiger partial charge in [-0.3, -0.25) is 14.8 Å². The maximum atomic E-state index is 10.6. The summed E-state index contributed by atoms with van der Waals surface area (Å²) in [6, 6.07) is 10.6. The Balaban J connectivity index is 1.36. The second-order valence-corrected chi connectivity index (χ2v) is 8.58. The van der Waals surface area contributed by atoms with Crippen LogP contribution in [0.25, 0.3) is 6.08 Å². The first kappa shape index (κ1) is 20.4. The van der Waals surface area contributed by atoms with Crippen molar-refractivity contribution in [2.75, 3.05) is 26.2 Å². The molecule has 2 N–H and O–H groups in total. The number of H-pyrrole nitrogens is 1. The van der Waals surface area contributed by atoms with Gasteiger partial charge in [0, 0.05) is 37.4 Å². The summed E-state index contributed by atoms with van der Waals surface area (Å²) in [7, 11) is 0. The van der Waals surface area contributed by atoms with E-state index in [4.69, 9.17) is 16.6 Å².